The molecule has 0 spiro atoms. The van der Waals surface area contributed by atoms with Crippen molar-refractivity contribution in [3.63, 3.8) is 0 Å². The number of nitrogens with zero attached hydrogens (tertiary/aromatic N) is 1. The van der Waals surface area contributed by atoms with E-state index in [2.05, 4.69) is 45.9 Å². The summed E-state index contributed by atoms with van der Waals surface area (Å²) in [6.45, 7) is 2.16. The van der Waals surface area contributed by atoms with Crippen LogP contribution in [0.2, 0.25) is 0 Å². The Kier molecular flexibility index (Phi) is 4.39. The highest BCUT2D eigenvalue weighted by atomic mass is 16.1. The molecule has 1 amide bonds. The Balaban J connectivity index is 1.77. The summed E-state index contributed by atoms with van der Waals surface area (Å²) in [6.07, 6.45) is 1.09. The number of rotatable bonds is 5. The van der Waals surface area contributed by atoms with Crippen molar-refractivity contribution >= 4 is 17.3 Å². The molecule has 0 fully saturated rings. The van der Waals surface area contributed by atoms with Crippen LogP contribution < -0.4 is 15.5 Å². The van der Waals surface area contributed by atoms with Crippen LogP contribution >= 0.6 is 0 Å². The smallest absolute Gasteiger partial charge is 0.238 e. The van der Waals surface area contributed by atoms with Crippen LogP contribution in [0, 0.1) is 0 Å². The van der Waals surface area contributed by atoms with Crippen molar-refractivity contribution in [3.8, 4) is 0 Å². The summed E-state index contributed by atoms with van der Waals surface area (Å²) in [7, 11) is 1.77. The molecular weight excluding hydrogens is 274 g/mol. The number of carbonyl (C=O) groups is 1. The summed E-state index contributed by atoms with van der Waals surface area (Å²) in [5.41, 5.74) is 4.74. The van der Waals surface area contributed by atoms with Gasteiger partial charge in [0.25, 0.3) is 0 Å². The van der Waals surface area contributed by atoms with E-state index in [4.69, 9.17) is 0 Å². The molecule has 2 aromatic carbocycles. The number of hydrogen-bond acceptors (Lipinski definition) is 3. The molecule has 4 heteroatoms. The lowest BCUT2D eigenvalue weighted by atomic mass is 10.1. The first-order chi connectivity index (χ1) is 10.8. The molecule has 2 N–H and O–H groups in total. The summed E-state index contributed by atoms with van der Waals surface area (Å²) >= 11 is 0. The Morgan fingerprint density at radius 2 is 1.91 bits per heavy atom. The number of anilines is 2. The van der Waals surface area contributed by atoms with Gasteiger partial charge >= 0.3 is 0 Å². The van der Waals surface area contributed by atoms with Gasteiger partial charge in [0.1, 0.15) is 0 Å². The number of likely N-dealkylation sites (N-methyl/N-ethyl adjacent to an activating group) is 1. The van der Waals surface area contributed by atoms with Gasteiger partial charge in [-0.3, -0.25) is 4.79 Å². The summed E-state index contributed by atoms with van der Waals surface area (Å²) in [6, 6.07) is 16.6. The van der Waals surface area contributed by atoms with Crippen LogP contribution in [0.5, 0.6) is 0 Å². The van der Waals surface area contributed by atoms with E-state index in [9.17, 15) is 4.79 Å². The Morgan fingerprint density at radius 1 is 1.14 bits per heavy atom. The molecule has 0 unspecified atom stereocenters. The highest BCUT2D eigenvalue weighted by Crippen LogP contribution is 2.30. The van der Waals surface area contributed by atoms with Crippen molar-refractivity contribution in [1.29, 1.82) is 0 Å². The second-order valence-electron chi connectivity index (χ2n) is 5.54. The number of carbonyl (C=O) groups excluding carboxylic acids is 1. The maximum Gasteiger partial charge on any atom is 0.238 e. The van der Waals surface area contributed by atoms with Crippen LogP contribution in [-0.4, -0.2) is 26.0 Å². The van der Waals surface area contributed by atoms with Gasteiger partial charge in [-0.2, -0.15) is 0 Å². The number of nitrogens with one attached hydrogen (secondary N) is 2. The summed E-state index contributed by atoms with van der Waals surface area (Å²) in [5, 5.41) is 5.85. The van der Waals surface area contributed by atoms with Crippen LogP contribution in [-0.2, 0) is 17.8 Å². The molecule has 114 valence electrons. The monoisotopic (exact) mass is 295 g/mol. The van der Waals surface area contributed by atoms with Gasteiger partial charge in [0.2, 0.25) is 5.91 Å². The molecule has 1 aliphatic heterocycles. The molecule has 0 atom stereocenters. The predicted molar refractivity (Wildman–Crippen MR) is 90.2 cm³/mol. The highest BCUT2D eigenvalue weighted by molar-refractivity contribution is 5.93. The minimum absolute atomic E-state index is 0.0169. The number of fused-ring (bicyclic) bond motifs is 1. The molecule has 0 saturated carbocycles. The Hall–Kier alpha value is -2.33. The molecule has 0 saturated heterocycles. The largest absolute Gasteiger partial charge is 0.367 e. The lowest BCUT2D eigenvalue weighted by Crippen LogP contribution is -2.26. The van der Waals surface area contributed by atoms with Crippen molar-refractivity contribution in [3.05, 3.63) is 59.7 Å². The van der Waals surface area contributed by atoms with E-state index in [1.807, 2.05) is 18.2 Å². The van der Waals surface area contributed by atoms with E-state index in [0.717, 1.165) is 30.8 Å². The zero-order valence-electron chi connectivity index (χ0n) is 12.8. The lowest BCUT2D eigenvalue weighted by Gasteiger charge is -2.21. The van der Waals surface area contributed by atoms with Crippen molar-refractivity contribution < 1.29 is 4.79 Å². The molecule has 22 heavy (non-hydrogen) atoms. The third-order valence-electron chi connectivity index (χ3n) is 3.97. The third kappa shape index (κ3) is 3.12. The van der Waals surface area contributed by atoms with Gasteiger partial charge in [0.05, 0.1) is 6.54 Å². The van der Waals surface area contributed by atoms with Crippen molar-refractivity contribution in [1.82, 2.24) is 5.32 Å². The second kappa shape index (κ2) is 6.62. The van der Waals surface area contributed by atoms with Crippen molar-refractivity contribution in [2.45, 2.75) is 13.0 Å². The molecule has 3 rings (SSSR count). The first kappa shape index (κ1) is 14.6. The quantitative estimate of drug-likeness (QED) is 0.890. The van der Waals surface area contributed by atoms with Gasteiger partial charge in [-0.05, 0) is 36.7 Å². The zero-order chi connectivity index (χ0) is 15.4. The van der Waals surface area contributed by atoms with Gasteiger partial charge in [0.15, 0.2) is 0 Å². The molecule has 4 nitrogen and oxygen atoms in total. The molecule has 0 bridgehead atoms. The highest BCUT2D eigenvalue weighted by Gasteiger charge is 2.19. The van der Waals surface area contributed by atoms with Crippen LogP contribution in [0.1, 0.15) is 11.1 Å². The Morgan fingerprint density at radius 3 is 2.77 bits per heavy atom. The first-order valence-electron chi connectivity index (χ1n) is 7.63. The van der Waals surface area contributed by atoms with E-state index >= 15 is 0 Å². The van der Waals surface area contributed by atoms with Crippen LogP contribution in [0.25, 0.3) is 0 Å². The molecule has 0 radical (unpaired) electrons. The summed E-state index contributed by atoms with van der Waals surface area (Å²) in [5.74, 6) is -0.0169. The van der Waals surface area contributed by atoms with Crippen molar-refractivity contribution in [2.24, 2.45) is 0 Å². The van der Waals surface area contributed by atoms with Gasteiger partial charge in [-0.1, -0.05) is 36.4 Å². The Labute approximate surface area is 131 Å². The third-order valence-corrected chi connectivity index (χ3v) is 3.97. The topological polar surface area (TPSA) is 44.4 Å². The molecule has 0 aromatic heterocycles. The standard InChI is InChI=1S/C18H21N3O/c1-19-12-18(22)20-16-8-4-2-7-15(16)13-21-11-10-14-6-3-5-9-17(14)21/h2-9,19H,10-13H2,1H3,(H,20,22). The fraction of sp³-hybridized carbons (Fsp3) is 0.278. The second-order valence-corrected chi connectivity index (χ2v) is 5.54. The maximum atomic E-state index is 11.8. The van der Waals surface area contributed by atoms with Gasteiger partial charge < -0.3 is 15.5 Å². The van der Waals surface area contributed by atoms with Crippen molar-refractivity contribution in [2.75, 3.05) is 30.4 Å². The molecule has 0 aliphatic carbocycles. The molecule has 1 aliphatic rings. The van der Waals surface area contributed by atoms with E-state index in [1.54, 1.807) is 7.05 Å². The SMILES string of the molecule is CNCC(=O)Nc1ccccc1CN1CCc2ccccc21. The lowest BCUT2D eigenvalue weighted by molar-refractivity contribution is -0.115. The average molecular weight is 295 g/mol. The first-order valence-corrected chi connectivity index (χ1v) is 7.63. The number of hydrogen-bond donors (Lipinski definition) is 2. The van der Waals surface area contributed by atoms with Crippen LogP contribution in [0.4, 0.5) is 11.4 Å². The number of para-hydroxylation sites is 2. The number of benzene rings is 2. The maximum absolute atomic E-state index is 11.8. The van der Waals surface area contributed by atoms with E-state index < -0.39 is 0 Å². The average Bonchev–Trinajstić information content (AvgIpc) is 2.93. The molecular formula is C18H21N3O. The molecule has 2 aromatic rings. The van der Waals surface area contributed by atoms with E-state index in [1.165, 1.54) is 11.3 Å². The minimum Gasteiger partial charge on any atom is -0.367 e. The van der Waals surface area contributed by atoms with E-state index in [0.29, 0.717) is 6.54 Å². The minimum atomic E-state index is -0.0169. The van der Waals surface area contributed by atoms with Crippen LogP contribution in [0.3, 0.4) is 0 Å². The predicted octanol–water partition coefficient (Wildman–Crippen LogP) is 2.41. The van der Waals surface area contributed by atoms with Gasteiger partial charge in [-0.25, -0.2) is 0 Å². The fourth-order valence-electron chi connectivity index (χ4n) is 2.91. The van der Waals surface area contributed by atoms with Gasteiger partial charge in [-0.15, -0.1) is 0 Å². The number of amides is 1. The normalized spacial score (nSPS) is 13.0. The van der Waals surface area contributed by atoms with Gasteiger partial charge in [0, 0.05) is 24.5 Å². The Bertz CT molecular complexity index is 669. The van der Waals surface area contributed by atoms with Crippen LogP contribution in [0.15, 0.2) is 48.5 Å². The fourth-order valence-corrected chi connectivity index (χ4v) is 2.91. The zero-order valence-corrected chi connectivity index (χ0v) is 12.8. The summed E-state index contributed by atoms with van der Waals surface area (Å²) in [4.78, 5) is 14.2. The summed E-state index contributed by atoms with van der Waals surface area (Å²) < 4.78 is 0. The molecule has 1 heterocycles. The van der Waals surface area contributed by atoms with E-state index in [-0.39, 0.29) is 5.91 Å².